The topological polar surface area (TPSA) is 55.8 Å². The van der Waals surface area contributed by atoms with Crippen LogP contribution in [0.25, 0.3) is 0 Å². The molecule has 0 bridgehead atoms. The van der Waals surface area contributed by atoms with Crippen LogP contribution >= 0.6 is 0 Å². The van der Waals surface area contributed by atoms with E-state index in [1.54, 1.807) is 25.7 Å². The van der Waals surface area contributed by atoms with E-state index in [-0.39, 0.29) is 12.1 Å². The number of rotatable bonds is 5. The average molecular weight is 319 g/mol. The second-order valence-corrected chi connectivity index (χ2v) is 6.10. The molecule has 5 nitrogen and oxygen atoms in total. The van der Waals surface area contributed by atoms with Crippen molar-refractivity contribution in [3.05, 3.63) is 35.9 Å². The molecule has 1 amide bonds. The number of ether oxygens (including phenoxy) is 2. The minimum Gasteiger partial charge on any atom is -0.464 e. The number of hydrogen-bond acceptors (Lipinski definition) is 4. The number of benzene rings is 1. The molecule has 1 fully saturated rings. The van der Waals surface area contributed by atoms with Crippen molar-refractivity contribution in [1.82, 2.24) is 4.90 Å². The van der Waals surface area contributed by atoms with Gasteiger partial charge in [0.15, 0.2) is 0 Å². The van der Waals surface area contributed by atoms with Gasteiger partial charge in [-0.15, -0.1) is 0 Å². The Bertz CT molecular complexity index is 543. The lowest BCUT2D eigenvalue weighted by Crippen LogP contribution is -2.55. The molecule has 0 unspecified atom stereocenters. The second kappa shape index (κ2) is 7.49. The number of nitrogens with zero attached hydrogens (tertiary/aromatic N) is 1. The van der Waals surface area contributed by atoms with Crippen LogP contribution in [0.4, 0.5) is 4.79 Å². The van der Waals surface area contributed by atoms with Crippen molar-refractivity contribution in [3.63, 3.8) is 0 Å². The fraction of sp³-hybridized carbons (Fsp3) is 0.556. The van der Waals surface area contributed by atoms with E-state index in [9.17, 15) is 9.59 Å². The third kappa shape index (κ3) is 3.84. The predicted molar refractivity (Wildman–Crippen MR) is 87.1 cm³/mol. The molecule has 1 atom stereocenters. The molecular weight excluding hydrogens is 294 g/mol. The highest BCUT2D eigenvalue weighted by atomic mass is 16.6. The van der Waals surface area contributed by atoms with Gasteiger partial charge in [-0.1, -0.05) is 30.3 Å². The van der Waals surface area contributed by atoms with Crippen molar-refractivity contribution >= 4 is 12.1 Å². The molecule has 0 aromatic heterocycles. The molecule has 0 aliphatic carbocycles. The molecule has 1 saturated heterocycles. The first-order valence-corrected chi connectivity index (χ1v) is 8.19. The Morgan fingerprint density at radius 1 is 1.26 bits per heavy atom. The largest absolute Gasteiger partial charge is 0.464 e. The van der Waals surface area contributed by atoms with Crippen molar-refractivity contribution < 1.29 is 19.1 Å². The van der Waals surface area contributed by atoms with Crippen LogP contribution in [0.5, 0.6) is 0 Å². The maximum absolute atomic E-state index is 12.7. The summed E-state index contributed by atoms with van der Waals surface area (Å²) in [5.41, 5.74) is 0.0355. The molecule has 126 valence electrons. The summed E-state index contributed by atoms with van der Waals surface area (Å²) in [6, 6.07) is 9.72. The minimum atomic E-state index is -0.969. The zero-order chi connectivity index (χ0) is 16.9. The molecule has 1 aromatic carbocycles. The molecule has 2 rings (SSSR count). The van der Waals surface area contributed by atoms with E-state index in [0.29, 0.717) is 26.0 Å². The normalized spacial score (nSPS) is 20.6. The standard InChI is InChI=1S/C18H25NO4/c1-4-22-16(20)18(13-15-9-6-5-7-10-15)11-8-12-19(18)17(21)23-14(2)3/h5-7,9-10,14H,4,8,11-13H2,1-3H3/t18-/m1/s1. The number of carbonyl (C=O) groups excluding carboxylic acids is 2. The summed E-state index contributed by atoms with van der Waals surface area (Å²) in [5, 5.41) is 0. The minimum absolute atomic E-state index is 0.222. The highest BCUT2D eigenvalue weighted by Crippen LogP contribution is 2.35. The molecule has 23 heavy (non-hydrogen) atoms. The van der Waals surface area contributed by atoms with Crippen LogP contribution in [-0.4, -0.2) is 41.8 Å². The maximum Gasteiger partial charge on any atom is 0.410 e. The Kier molecular flexibility index (Phi) is 5.64. The lowest BCUT2D eigenvalue weighted by molar-refractivity contribution is -0.155. The third-order valence-corrected chi connectivity index (χ3v) is 4.04. The lowest BCUT2D eigenvalue weighted by atomic mass is 9.88. The van der Waals surface area contributed by atoms with Crippen molar-refractivity contribution in [2.75, 3.05) is 13.2 Å². The zero-order valence-electron chi connectivity index (χ0n) is 14.1. The van der Waals surface area contributed by atoms with Crippen LogP contribution in [0.1, 0.15) is 39.2 Å². The van der Waals surface area contributed by atoms with Gasteiger partial charge in [-0.2, -0.15) is 0 Å². The van der Waals surface area contributed by atoms with Crippen molar-refractivity contribution in [2.24, 2.45) is 0 Å². The Hall–Kier alpha value is -2.04. The third-order valence-electron chi connectivity index (χ3n) is 4.04. The summed E-state index contributed by atoms with van der Waals surface area (Å²) in [4.78, 5) is 26.7. The fourth-order valence-corrected chi connectivity index (χ4v) is 3.08. The molecular formula is C18H25NO4. The van der Waals surface area contributed by atoms with Crippen molar-refractivity contribution in [1.29, 1.82) is 0 Å². The van der Waals surface area contributed by atoms with Crippen LogP contribution in [0.2, 0.25) is 0 Å². The Morgan fingerprint density at radius 2 is 1.96 bits per heavy atom. The fourth-order valence-electron chi connectivity index (χ4n) is 3.08. The van der Waals surface area contributed by atoms with E-state index in [0.717, 1.165) is 12.0 Å². The number of amides is 1. The highest BCUT2D eigenvalue weighted by molar-refractivity contribution is 5.87. The van der Waals surface area contributed by atoms with Gasteiger partial charge >= 0.3 is 12.1 Å². The SMILES string of the molecule is CCOC(=O)[C@]1(Cc2ccccc2)CCCN1C(=O)OC(C)C. The molecule has 0 spiro atoms. The van der Waals surface area contributed by atoms with Crippen molar-refractivity contribution in [2.45, 2.75) is 51.7 Å². The number of esters is 1. The van der Waals surface area contributed by atoms with Crippen LogP contribution < -0.4 is 0 Å². The van der Waals surface area contributed by atoms with Crippen LogP contribution in [0.3, 0.4) is 0 Å². The average Bonchev–Trinajstić information content (AvgIpc) is 2.93. The van der Waals surface area contributed by atoms with E-state index in [1.165, 1.54) is 0 Å². The number of likely N-dealkylation sites (tertiary alicyclic amines) is 1. The van der Waals surface area contributed by atoms with Gasteiger partial charge in [-0.25, -0.2) is 9.59 Å². The first kappa shape index (κ1) is 17.3. The maximum atomic E-state index is 12.7. The van der Waals surface area contributed by atoms with Crippen LogP contribution in [-0.2, 0) is 20.7 Å². The van der Waals surface area contributed by atoms with Crippen LogP contribution in [0.15, 0.2) is 30.3 Å². The summed E-state index contributed by atoms with van der Waals surface area (Å²) in [7, 11) is 0. The summed E-state index contributed by atoms with van der Waals surface area (Å²) >= 11 is 0. The molecule has 0 radical (unpaired) electrons. The number of hydrogen-bond donors (Lipinski definition) is 0. The Balaban J connectivity index is 2.32. The molecule has 1 aliphatic heterocycles. The quantitative estimate of drug-likeness (QED) is 0.782. The molecule has 1 heterocycles. The first-order chi connectivity index (χ1) is 11.0. The summed E-state index contributed by atoms with van der Waals surface area (Å²) < 4.78 is 10.6. The Labute approximate surface area is 137 Å². The van der Waals surface area contributed by atoms with Gasteiger partial charge in [0, 0.05) is 13.0 Å². The smallest absolute Gasteiger partial charge is 0.410 e. The molecule has 1 aromatic rings. The van der Waals surface area contributed by atoms with E-state index in [1.807, 2.05) is 30.3 Å². The van der Waals surface area contributed by atoms with E-state index in [4.69, 9.17) is 9.47 Å². The summed E-state index contributed by atoms with van der Waals surface area (Å²) in [6.45, 7) is 6.19. The summed E-state index contributed by atoms with van der Waals surface area (Å²) in [6.07, 6.45) is 1.13. The first-order valence-electron chi connectivity index (χ1n) is 8.19. The van der Waals surface area contributed by atoms with E-state index >= 15 is 0 Å². The van der Waals surface area contributed by atoms with Gasteiger partial charge in [-0.05, 0) is 39.2 Å². The van der Waals surface area contributed by atoms with Gasteiger partial charge in [0.25, 0.3) is 0 Å². The van der Waals surface area contributed by atoms with Crippen molar-refractivity contribution in [3.8, 4) is 0 Å². The molecule has 5 heteroatoms. The highest BCUT2D eigenvalue weighted by Gasteiger charge is 2.51. The predicted octanol–water partition coefficient (Wildman–Crippen LogP) is 3.17. The molecule has 1 aliphatic rings. The monoisotopic (exact) mass is 319 g/mol. The zero-order valence-corrected chi connectivity index (χ0v) is 14.1. The van der Waals surface area contributed by atoms with E-state index < -0.39 is 11.6 Å². The summed E-state index contributed by atoms with van der Waals surface area (Å²) in [5.74, 6) is -0.345. The van der Waals surface area contributed by atoms with Gasteiger partial charge < -0.3 is 9.47 Å². The second-order valence-electron chi connectivity index (χ2n) is 6.10. The van der Waals surface area contributed by atoms with E-state index in [2.05, 4.69) is 0 Å². The van der Waals surface area contributed by atoms with Gasteiger partial charge in [-0.3, -0.25) is 4.90 Å². The molecule has 0 saturated carbocycles. The van der Waals surface area contributed by atoms with Gasteiger partial charge in [0.1, 0.15) is 5.54 Å². The number of carbonyl (C=O) groups is 2. The van der Waals surface area contributed by atoms with Gasteiger partial charge in [0.05, 0.1) is 12.7 Å². The van der Waals surface area contributed by atoms with Crippen LogP contribution in [0, 0.1) is 0 Å². The Morgan fingerprint density at radius 3 is 2.57 bits per heavy atom. The lowest BCUT2D eigenvalue weighted by Gasteiger charge is -2.36. The van der Waals surface area contributed by atoms with Gasteiger partial charge in [0.2, 0.25) is 0 Å². The molecule has 0 N–H and O–H groups in total.